The second-order valence-electron chi connectivity index (χ2n) is 6.06. The number of rotatable bonds is 3. The van der Waals surface area contributed by atoms with E-state index in [0.717, 1.165) is 0 Å². The third kappa shape index (κ3) is 3.23. The van der Waals surface area contributed by atoms with Crippen LogP contribution in [0.2, 0.25) is 0 Å². The van der Waals surface area contributed by atoms with Crippen LogP contribution in [-0.4, -0.2) is 31.5 Å². The molecule has 1 heterocycles. The van der Waals surface area contributed by atoms with E-state index < -0.39 is 17.6 Å². The predicted octanol–water partition coefficient (Wildman–Crippen LogP) is 2.73. The molecule has 124 valence electrons. The minimum absolute atomic E-state index is 0.0422. The molecule has 1 saturated heterocycles. The minimum Gasteiger partial charge on any atom is -0.397 e. The van der Waals surface area contributed by atoms with Crippen molar-refractivity contribution < 1.29 is 18.3 Å². The molecule has 0 bridgehead atoms. The van der Waals surface area contributed by atoms with Gasteiger partial charge in [-0.3, -0.25) is 0 Å². The molecule has 0 amide bonds. The van der Waals surface area contributed by atoms with Crippen LogP contribution >= 0.6 is 0 Å². The molecule has 2 aliphatic rings. The van der Waals surface area contributed by atoms with Gasteiger partial charge in [0.2, 0.25) is 0 Å². The van der Waals surface area contributed by atoms with E-state index in [-0.39, 0.29) is 25.8 Å². The first kappa shape index (κ1) is 16.0. The van der Waals surface area contributed by atoms with Gasteiger partial charge in [0, 0.05) is 31.7 Å². The standard InChI is InChI=1S/C16H19F2N3O2/c17-16(18)4-3-15(22-5-6-23-15)8-12(16)10-21-14-7-11(9-19)1-2-13(14)20/h1-2,7,12,21H,3-6,8,10,20H2. The molecular weight excluding hydrogens is 304 g/mol. The van der Waals surface area contributed by atoms with Gasteiger partial charge in [-0.05, 0) is 18.2 Å². The normalized spacial score (nSPS) is 25.2. The summed E-state index contributed by atoms with van der Waals surface area (Å²) >= 11 is 0. The first-order valence-electron chi connectivity index (χ1n) is 7.63. The number of nitrogens with one attached hydrogen (secondary N) is 1. The summed E-state index contributed by atoms with van der Waals surface area (Å²) in [4.78, 5) is 0. The molecule has 5 nitrogen and oxygen atoms in total. The molecule has 7 heteroatoms. The maximum Gasteiger partial charge on any atom is 0.253 e. The zero-order valence-electron chi connectivity index (χ0n) is 12.6. The van der Waals surface area contributed by atoms with Gasteiger partial charge in [0.05, 0.1) is 36.2 Å². The third-order valence-electron chi connectivity index (χ3n) is 4.53. The number of nitriles is 1. The molecule has 1 unspecified atom stereocenters. The summed E-state index contributed by atoms with van der Waals surface area (Å²) in [5.41, 5.74) is 7.18. The van der Waals surface area contributed by atoms with Crippen LogP contribution in [0.3, 0.4) is 0 Å². The minimum atomic E-state index is -2.78. The number of nitrogens with zero attached hydrogens (tertiary/aromatic N) is 1. The van der Waals surface area contributed by atoms with Crippen LogP contribution in [0.5, 0.6) is 0 Å². The van der Waals surface area contributed by atoms with E-state index >= 15 is 0 Å². The highest BCUT2D eigenvalue weighted by atomic mass is 19.3. The molecule has 1 aromatic carbocycles. The van der Waals surface area contributed by atoms with Gasteiger partial charge >= 0.3 is 0 Å². The first-order valence-corrected chi connectivity index (χ1v) is 7.63. The smallest absolute Gasteiger partial charge is 0.253 e. The monoisotopic (exact) mass is 323 g/mol. The largest absolute Gasteiger partial charge is 0.397 e. The highest BCUT2D eigenvalue weighted by Crippen LogP contribution is 2.46. The molecule has 0 radical (unpaired) electrons. The number of ether oxygens (including phenoxy) is 2. The second kappa shape index (κ2) is 5.95. The first-order chi connectivity index (χ1) is 10.9. The van der Waals surface area contributed by atoms with Crippen LogP contribution in [0.1, 0.15) is 24.8 Å². The van der Waals surface area contributed by atoms with E-state index in [4.69, 9.17) is 20.5 Å². The molecule has 23 heavy (non-hydrogen) atoms. The van der Waals surface area contributed by atoms with Crippen molar-refractivity contribution >= 4 is 11.4 Å². The fourth-order valence-corrected chi connectivity index (χ4v) is 3.18. The molecule has 1 spiro atoms. The van der Waals surface area contributed by atoms with Gasteiger partial charge in [-0.15, -0.1) is 0 Å². The van der Waals surface area contributed by atoms with Crippen molar-refractivity contribution in [3.63, 3.8) is 0 Å². The lowest BCUT2D eigenvalue weighted by Crippen LogP contribution is -2.48. The Morgan fingerprint density at radius 1 is 1.30 bits per heavy atom. The third-order valence-corrected chi connectivity index (χ3v) is 4.53. The number of nitrogen functional groups attached to an aromatic ring is 1. The van der Waals surface area contributed by atoms with Gasteiger partial charge < -0.3 is 20.5 Å². The Morgan fingerprint density at radius 3 is 2.74 bits per heavy atom. The number of alkyl halides is 2. The van der Waals surface area contributed by atoms with Crippen LogP contribution in [0.25, 0.3) is 0 Å². The lowest BCUT2D eigenvalue weighted by atomic mass is 9.81. The summed E-state index contributed by atoms with van der Waals surface area (Å²) in [7, 11) is 0. The maximum atomic E-state index is 14.2. The molecule has 1 aliphatic carbocycles. The zero-order chi connectivity index (χ0) is 16.5. The van der Waals surface area contributed by atoms with Crippen molar-refractivity contribution in [3.8, 4) is 6.07 Å². The van der Waals surface area contributed by atoms with Crippen LogP contribution in [-0.2, 0) is 9.47 Å². The Kier molecular flexibility index (Phi) is 4.13. The Balaban J connectivity index is 1.71. The molecule has 1 atom stereocenters. The summed E-state index contributed by atoms with van der Waals surface area (Å²) in [5.74, 6) is -4.57. The molecule has 2 fully saturated rings. The van der Waals surface area contributed by atoms with Crippen LogP contribution in [0.15, 0.2) is 18.2 Å². The lowest BCUT2D eigenvalue weighted by molar-refractivity contribution is -0.230. The Morgan fingerprint density at radius 2 is 2.04 bits per heavy atom. The van der Waals surface area contributed by atoms with Crippen LogP contribution in [0, 0.1) is 17.2 Å². The molecule has 3 rings (SSSR count). The van der Waals surface area contributed by atoms with Gasteiger partial charge in [0.1, 0.15) is 0 Å². The van der Waals surface area contributed by atoms with Crippen molar-refractivity contribution in [1.29, 1.82) is 5.26 Å². The van der Waals surface area contributed by atoms with Crippen LogP contribution in [0.4, 0.5) is 20.2 Å². The summed E-state index contributed by atoms with van der Waals surface area (Å²) in [5, 5.41) is 11.9. The van der Waals surface area contributed by atoms with E-state index in [0.29, 0.717) is 30.2 Å². The van der Waals surface area contributed by atoms with E-state index in [1.165, 1.54) is 0 Å². The predicted molar refractivity (Wildman–Crippen MR) is 81.0 cm³/mol. The number of hydrogen-bond acceptors (Lipinski definition) is 5. The maximum absolute atomic E-state index is 14.2. The zero-order valence-corrected chi connectivity index (χ0v) is 12.6. The quantitative estimate of drug-likeness (QED) is 0.836. The fourth-order valence-electron chi connectivity index (χ4n) is 3.18. The highest BCUT2D eigenvalue weighted by Gasteiger charge is 2.53. The van der Waals surface area contributed by atoms with E-state index in [1.807, 2.05) is 6.07 Å². The number of nitrogens with two attached hydrogens (primary N) is 1. The van der Waals surface area contributed by atoms with Crippen LogP contribution < -0.4 is 11.1 Å². The Labute approximate surface area is 133 Å². The Bertz CT molecular complexity index is 624. The van der Waals surface area contributed by atoms with E-state index in [1.54, 1.807) is 18.2 Å². The van der Waals surface area contributed by atoms with Gasteiger partial charge in [0.25, 0.3) is 5.92 Å². The number of halogens is 2. The van der Waals surface area contributed by atoms with E-state index in [9.17, 15) is 8.78 Å². The number of anilines is 2. The molecule has 1 saturated carbocycles. The second-order valence-corrected chi connectivity index (χ2v) is 6.06. The summed E-state index contributed by atoms with van der Waals surface area (Å²) in [6, 6.07) is 6.74. The molecule has 1 aromatic rings. The SMILES string of the molecule is N#Cc1ccc(N)c(NCC2CC3(CCC2(F)F)OCCO3)c1. The molecule has 1 aliphatic heterocycles. The molecule has 0 aromatic heterocycles. The number of benzene rings is 1. The topological polar surface area (TPSA) is 80.3 Å². The van der Waals surface area contributed by atoms with Crippen molar-refractivity contribution in [1.82, 2.24) is 0 Å². The van der Waals surface area contributed by atoms with Gasteiger partial charge in [0.15, 0.2) is 5.79 Å². The molecule has 3 N–H and O–H groups in total. The lowest BCUT2D eigenvalue weighted by Gasteiger charge is -2.41. The van der Waals surface area contributed by atoms with Gasteiger partial charge in [-0.1, -0.05) is 0 Å². The highest BCUT2D eigenvalue weighted by molar-refractivity contribution is 5.68. The van der Waals surface area contributed by atoms with Gasteiger partial charge in [-0.2, -0.15) is 5.26 Å². The summed E-state index contributed by atoms with van der Waals surface area (Å²) < 4.78 is 39.6. The number of hydrogen-bond donors (Lipinski definition) is 2. The summed E-state index contributed by atoms with van der Waals surface area (Å²) in [6.45, 7) is 0.937. The average Bonchev–Trinajstić information content (AvgIpc) is 2.99. The van der Waals surface area contributed by atoms with Crippen molar-refractivity contribution in [3.05, 3.63) is 23.8 Å². The molecular formula is C16H19F2N3O2. The average molecular weight is 323 g/mol. The Hall–Kier alpha value is -1.91. The van der Waals surface area contributed by atoms with Crippen molar-refractivity contribution in [2.75, 3.05) is 30.8 Å². The summed E-state index contributed by atoms with van der Waals surface area (Å²) in [6.07, 6.45) is 0.0977. The fraction of sp³-hybridized carbons (Fsp3) is 0.562. The van der Waals surface area contributed by atoms with Crippen molar-refractivity contribution in [2.45, 2.75) is 31.0 Å². The van der Waals surface area contributed by atoms with E-state index in [2.05, 4.69) is 5.32 Å². The van der Waals surface area contributed by atoms with Crippen molar-refractivity contribution in [2.24, 2.45) is 5.92 Å². The van der Waals surface area contributed by atoms with Gasteiger partial charge in [-0.25, -0.2) is 8.78 Å².